The third-order valence-electron chi connectivity index (χ3n) is 2.96. The largest absolute Gasteiger partial charge is 0.356 e. The lowest BCUT2D eigenvalue weighted by Gasteiger charge is -2.24. The zero-order valence-electron chi connectivity index (χ0n) is 8.55. The minimum absolute atomic E-state index is 0.212. The van der Waals surface area contributed by atoms with E-state index >= 15 is 0 Å². The summed E-state index contributed by atoms with van der Waals surface area (Å²) in [6, 6.07) is 0. The van der Waals surface area contributed by atoms with Crippen LogP contribution >= 0.6 is 0 Å². The first kappa shape index (κ1) is 10.5. The summed E-state index contributed by atoms with van der Waals surface area (Å²) < 4.78 is 0. The second-order valence-electron chi connectivity index (χ2n) is 4.17. The van der Waals surface area contributed by atoms with Crippen molar-refractivity contribution in [2.75, 3.05) is 13.1 Å². The van der Waals surface area contributed by atoms with Crippen LogP contribution in [0.1, 0.15) is 26.7 Å². The summed E-state index contributed by atoms with van der Waals surface area (Å²) in [5.74, 6) is 1.46. The van der Waals surface area contributed by atoms with E-state index in [4.69, 9.17) is 5.73 Å². The fraction of sp³-hybridized carbons (Fsp3) is 0.900. The van der Waals surface area contributed by atoms with Gasteiger partial charge in [-0.1, -0.05) is 13.8 Å². The molecule has 2 atom stereocenters. The SMILES string of the molecule is CC(C)C(CCN)C1CCNC1=O. The lowest BCUT2D eigenvalue weighted by Crippen LogP contribution is -2.29. The van der Waals surface area contributed by atoms with Crippen LogP contribution in [0.25, 0.3) is 0 Å². The Morgan fingerprint density at radius 2 is 2.31 bits per heavy atom. The van der Waals surface area contributed by atoms with Crippen LogP contribution in [0.2, 0.25) is 0 Å². The minimum atomic E-state index is 0.212. The molecule has 0 aromatic carbocycles. The van der Waals surface area contributed by atoms with Gasteiger partial charge in [0.05, 0.1) is 0 Å². The van der Waals surface area contributed by atoms with E-state index in [1.165, 1.54) is 0 Å². The summed E-state index contributed by atoms with van der Waals surface area (Å²) in [6.07, 6.45) is 1.96. The molecule has 1 saturated heterocycles. The molecule has 1 rings (SSSR count). The van der Waals surface area contributed by atoms with Gasteiger partial charge in [0, 0.05) is 12.5 Å². The van der Waals surface area contributed by atoms with Crippen molar-refractivity contribution in [1.29, 1.82) is 0 Å². The summed E-state index contributed by atoms with van der Waals surface area (Å²) in [7, 11) is 0. The number of carbonyl (C=O) groups excluding carboxylic acids is 1. The molecule has 0 radical (unpaired) electrons. The van der Waals surface area contributed by atoms with Gasteiger partial charge in [0.1, 0.15) is 0 Å². The molecule has 0 aliphatic carbocycles. The van der Waals surface area contributed by atoms with Crippen molar-refractivity contribution in [2.24, 2.45) is 23.5 Å². The van der Waals surface area contributed by atoms with E-state index < -0.39 is 0 Å². The van der Waals surface area contributed by atoms with Crippen LogP contribution < -0.4 is 11.1 Å². The molecule has 76 valence electrons. The number of rotatable bonds is 4. The Kier molecular flexibility index (Phi) is 3.72. The normalized spacial score (nSPS) is 24.9. The molecule has 0 aromatic heterocycles. The lowest BCUT2D eigenvalue weighted by atomic mass is 9.80. The lowest BCUT2D eigenvalue weighted by molar-refractivity contribution is -0.124. The molecule has 0 aromatic rings. The van der Waals surface area contributed by atoms with Crippen molar-refractivity contribution in [3.63, 3.8) is 0 Å². The Labute approximate surface area is 80.1 Å². The Hall–Kier alpha value is -0.570. The topological polar surface area (TPSA) is 55.1 Å². The molecule has 1 aliphatic rings. The molecule has 1 amide bonds. The van der Waals surface area contributed by atoms with Crippen LogP contribution in [0, 0.1) is 17.8 Å². The van der Waals surface area contributed by atoms with Crippen molar-refractivity contribution in [2.45, 2.75) is 26.7 Å². The summed E-state index contributed by atoms with van der Waals surface area (Å²) in [5, 5.41) is 2.88. The van der Waals surface area contributed by atoms with Gasteiger partial charge in [0.15, 0.2) is 0 Å². The number of hydrogen-bond donors (Lipinski definition) is 2. The van der Waals surface area contributed by atoms with Crippen LogP contribution in [0.4, 0.5) is 0 Å². The molecule has 1 heterocycles. The van der Waals surface area contributed by atoms with Crippen molar-refractivity contribution in [1.82, 2.24) is 5.32 Å². The molecule has 3 heteroatoms. The molecule has 3 nitrogen and oxygen atoms in total. The van der Waals surface area contributed by atoms with E-state index in [-0.39, 0.29) is 11.8 Å². The molecule has 2 unspecified atom stereocenters. The predicted molar refractivity (Wildman–Crippen MR) is 53.1 cm³/mol. The minimum Gasteiger partial charge on any atom is -0.356 e. The van der Waals surface area contributed by atoms with Gasteiger partial charge in [-0.05, 0) is 31.2 Å². The first-order valence-electron chi connectivity index (χ1n) is 5.14. The zero-order chi connectivity index (χ0) is 9.84. The highest BCUT2D eigenvalue weighted by Crippen LogP contribution is 2.29. The molecular weight excluding hydrogens is 164 g/mol. The highest BCUT2D eigenvalue weighted by atomic mass is 16.2. The van der Waals surface area contributed by atoms with Crippen molar-refractivity contribution in [3.05, 3.63) is 0 Å². The van der Waals surface area contributed by atoms with Crippen LogP contribution in [0.5, 0.6) is 0 Å². The Morgan fingerprint density at radius 1 is 1.62 bits per heavy atom. The van der Waals surface area contributed by atoms with Gasteiger partial charge in [-0.2, -0.15) is 0 Å². The van der Waals surface area contributed by atoms with Crippen molar-refractivity contribution < 1.29 is 4.79 Å². The first-order chi connectivity index (χ1) is 6.16. The molecule has 3 N–H and O–H groups in total. The van der Waals surface area contributed by atoms with Crippen LogP contribution in [-0.2, 0) is 4.79 Å². The third-order valence-corrected chi connectivity index (χ3v) is 2.96. The van der Waals surface area contributed by atoms with Gasteiger partial charge in [-0.25, -0.2) is 0 Å². The summed E-state index contributed by atoms with van der Waals surface area (Å²) in [5.41, 5.74) is 5.55. The molecule has 13 heavy (non-hydrogen) atoms. The van der Waals surface area contributed by atoms with Crippen molar-refractivity contribution >= 4 is 5.91 Å². The molecule has 1 aliphatic heterocycles. The predicted octanol–water partition coefficient (Wildman–Crippen LogP) is 0.744. The van der Waals surface area contributed by atoms with Gasteiger partial charge in [0.2, 0.25) is 5.91 Å². The Morgan fingerprint density at radius 3 is 2.69 bits per heavy atom. The van der Waals surface area contributed by atoms with E-state index in [1.807, 2.05) is 0 Å². The fourth-order valence-electron chi connectivity index (χ4n) is 2.21. The Balaban J connectivity index is 2.57. The van der Waals surface area contributed by atoms with Gasteiger partial charge >= 0.3 is 0 Å². The maximum atomic E-state index is 11.4. The Bertz CT molecular complexity index is 180. The van der Waals surface area contributed by atoms with E-state index in [9.17, 15) is 4.79 Å². The molecular formula is C10H20N2O. The highest BCUT2D eigenvalue weighted by Gasteiger charge is 2.32. The number of nitrogens with two attached hydrogens (primary N) is 1. The van der Waals surface area contributed by atoms with Gasteiger partial charge in [0.25, 0.3) is 0 Å². The monoisotopic (exact) mass is 184 g/mol. The fourth-order valence-corrected chi connectivity index (χ4v) is 2.21. The van der Waals surface area contributed by atoms with Crippen LogP contribution in [-0.4, -0.2) is 19.0 Å². The van der Waals surface area contributed by atoms with E-state index in [2.05, 4.69) is 19.2 Å². The molecule has 0 spiro atoms. The number of nitrogens with one attached hydrogen (secondary N) is 1. The van der Waals surface area contributed by atoms with Gasteiger partial charge < -0.3 is 11.1 Å². The quantitative estimate of drug-likeness (QED) is 0.677. The van der Waals surface area contributed by atoms with Gasteiger partial charge in [-0.3, -0.25) is 4.79 Å². The second-order valence-corrected chi connectivity index (χ2v) is 4.17. The molecule has 0 bridgehead atoms. The van der Waals surface area contributed by atoms with Crippen molar-refractivity contribution in [3.8, 4) is 0 Å². The molecule has 1 fully saturated rings. The third kappa shape index (κ3) is 2.44. The zero-order valence-corrected chi connectivity index (χ0v) is 8.55. The first-order valence-corrected chi connectivity index (χ1v) is 5.14. The summed E-state index contributed by atoms with van der Waals surface area (Å²) in [4.78, 5) is 11.4. The second kappa shape index (κ2) is 4.61. The number of carbonyl (C=O) groups is 1. The smallest absolute Gasteiger partial charge is 0.223 e. The van der Waals surface area contributed by atoms with Crippen LogP contribution in [0.15, 0.2) is 0 Å². The summed E-state index contributed by atoms with van der Waals surface area (Å²) in [6.45, 7) is 5.88. The molecule has 0 saturated carbocycles. The highest BCUT2D eigenvalue weighted by molar-refractivity contribution is 5.80. The van der Waals surface area contributed by atoms with E-state index in [1.54, 1.807) is 0 Å². The van der Waals surface area contributed by atoms with E-state index in [0.29, 0.717) is 18.4 Å². The van der Waals surface area contributed by atoms with Crippen LogP contribution in [0.3, 0.4) is 0 Å². The maximum Gasteiger partial charge on any atom is 0.223 e. The van der Waals surface area contributed by atoms with E-state index in [0.717, 1.165) is 19.4 Å². The van der Waals surface area contributed by atoms with Gasteiger partial charge in [-0.15, -0.1) is 0 Å². The average Bonchev–Trinajstić information content (AvgIpc) is 2.47. The average molecular weight is 184 g/mol. The number of hydrogen-bond acceptors (Lipinski definition) is 2. The standard InChI is InChI=1S/C10H20N2O/c1-7(2)8(3-5-11)9-4-6-12-10(9)13/h7-9H,3-6,11H2,1-2H3,(H,12,13). The number of amides is 1. The summed E-state index contributed by atoms with van der Waals surface area (Å²) >= 11 is 0. The maximum absolute atomic E-state index is 11.4.